The van der Waals surface area contributed by atoms with E-state index in [-0.39, 0.29) is 11.4 Å². The quantitative estimate of drug-likeness (QED) is 0.549. The van der Waals surface area contributed by atoms with Gasteiger partial charge in [-0.15, -0.1) is 0 Å². The van der Waals surface area contributed by atoms with Crippen molar-refractivity contribution in [2.75, 3.05) is 11.5 Å². The first-order valence-corrected chi connectivity index (χ1v) is 6.43. The topological polar surface area (TPSA) is 104 Å². The molecule has 4 nitrogen and oxygen atoms in total. The number of benzene rings is 1. The van der Waals surface area contributed by atoms with Gasteiger partial charge in [-0.1, -0.05) is 0 Å². The van der Waals surface area contributed by atoms with Crippen LogP contribution in [0.2, 0.25) is 0 Å². The fourth-order valence-corrected chi connectivity index (χ4v) is 1.99. The molecule has 1 fully saturated rings. The second kappa shape index (κ2) is 6.81. The van der Waals surface area contributed by atoms with E-state index < -0.39 is 11.7 Å². The number of hydrogen-bond donors (Lipinski definition) is 4. The van der Waals surface area contributed by atoms with Crippen molar-refractivity contribution >= 4 is 11.4 Å². The molecule has 1 aliphatic carbocycles. The van der Waals surface area contributed by atoms with Crippen molar-refractivity contribution in [3.63, 3.8) is 0 Å². The Balaban J connectivity index is 0.000000217. The Bertz CT molecular complexity index is 396. The maximum Gasteiger partial charge on any atom is 0.416 e. The van der Waals surface area contributed by atoms with Gasteiger partial charge >= 0.3 is 6.18 Å². The lowest BCUT2D eigenvalue weighted by molar-refractivity contribution is -0.137. The fraction of sp³-hybridized carbons (Fsp3) is 0.538. The summed E-state index contributed by atoms with van der Waals surface area (Å²) >= 11 is 0. The summed E-state index contributed by atoms with van der Waals surface area (Å²) in [5, 5.41) is 0. The standard InChI is InChI=1S/C7H7F3N2.C6H14N2/c8-7(9,10)4-1-5(11)3-6(12)2-4;7-5-1-2-6(8)4-3-5/h1-3H,11-12H2;5-6H,1-4,7-8H2/t;5-,6-. The molecule has 1 aromatic rings. The number of alkyl halides is 3. The molecule has 20 heavy (non-hydrogen) atoms. The molecule has 0 radical (unpaired) electrons. The minimum Gasteiger partial charge on any atom is -0.399 e. The van der Waals surface area contributed by atoms with Gasteiger partial charge in [0.25, 0.3) is 0 Å². The summed E-state index contributed by atoms with van der Waals surface area (Å²) in [5.74, 6) is 0. The molecule has 0 spiro atoms. The fourth-order valence-electron chi connectivity index (χ4n) is 1.99. The van der Waals surface area contributed by atoms with Crippen LogP contribution in [0.15, 0.2) is 18.2 Å². The van der Waals surface area contributed by atoms with Gasteiger partial charge in [-0.05, 0) is 43.9 Å². The predicted octanol–water partition coefficient (Wildman–Crippen LogP) is 2.08. The maximum atomic E-state index is 12.0. The summed E-state index contributed by atoms with van der Waals surface area (Å²) in [6, 6.07) is 3.84. The minimum absolute atomic E-state index is 0.0160. The van der Waals surface area contributed by atoms with Gasteiger partial charge in [0.05, 0.1) is 5.56 Å². The molecule has 1 saturated carbocycles. The Morgan fingerprint density at radius 3 is 1.45 bits per heavy atom. The molecule has 1 aromatic carbocycles. The number of nitrogens with two attached hydrogens (primary N) is 4. The first-order chi connectivity index (χ1) is 9.18. The molecule has 0 amide bonds. The van der Waals surface area contributed by atoms with Gasteiger partial charge in [-0.3, -0.25) is 0 Å². The summed E-state index contributed by atoms with van der Waals surface area (Å²) in [6.45, 7) is 0. The third kappa shape index (κ3) is 5.66. The van der Waals surface area contributed by atoms with Gasteiger partial charge in [-0.2, -0.15) is 13.2 Å². The molecule has 0 heterocycles. The molecule has 1 aliphatic rings. The zero-order valence-electron chi connectivity index (χ0n) is 11.2. The van der Waals surface area contributed by atoms with E-state index in [1.165, 1.54) is 6.07 Å². The van der Waals surface area contributed by atoms with Crippen molar-refractivity contribution in [1.82, 2.24) is 0 Å². The number of halogens is 3. The molecule has 0 aliphatic heterocycles. The molecule has 2 rings (SSSR count). The number of nitrogen functional groups attached to an aromatic ring is 2. The van der Waals surface area contributed by atoms with Crippen LogP contribution in [0.25, 0.3) is 0 Å². The Labute approximate surface area is 116 Å². The van der Waals surface area contributed by atoms with Crippen LogP contribution < -0.4 is 22.9 Å². The lowest BCUT2D eigenvalue weighted by Gasteiger charge is -2.22. The van der Waals surface area contributed by atoms with E-state index in [4.69, 9.17) is 22.9 Å². The number of rotatable bonds is 0. The van der Waals surface area contributed by atoms with E-state index in [0.29, 0.717) is 12.1 Å². The second-order valence-corrected chi connectivity index (χ2v) is 5.06. The van der Waals surface area contributed by atoms with Gasteiger partial charge < -0.3 is 22.9 Å². The molecule has 0 aromatic heterocycles. The van der Waals surface area contributed by atoms with Crippen molar-refractivity contribution < 1.29 is 13.2 Å². The maximum absolute atomic E-state index is 12.0. The molecule has 0 saturated heterocycles. The van der Waals surface area contributed by atoms with Crippen molar-refractivity contribution in [2.24, 2.45) is 11.5 Å². The molecule has 7 heteroatoms. The van der Waals surface area contributed by atoms with E-state index >= 15 is 0 Å². The van der Waals surface area contributed by atoms with Gasteiger partial charge in [0.15, 0.2) is 0 Å². The van der Waals surface area contributed by atoms with Crippen LogP contribution in [0.5, 0.6) is 0 Å². The van der Waals surface area contributed by atoms with Crippen LogP contribution in [-0.2, 0) is 6.18 Å². The van der Waals surface area contributed by atoms with Crippen LogP contribution in [0, 0.1) is 0 Å². The lowest BCUT2D eigenvalue weighted by Crippen LogP contribution is -2.33. The molecule has 114 valence electrons. The summed E-state index contributed by atoms with van der Waals surface area (Å²) in [6.07, 6.45) is 0.119. The second-order valence-electron chi connectivity index (χ2n) is 5.06. The monoisotopic (exact) mass is 290 g/mol. The van der Waals surface area contributed by atoms with Crippen LogP contribution in [0.1, 0.15) is 31.2 Å². The first kappa shape index (κ1) is 16.6. The van der Waals surface area contributed by atoms with Crippen molar-refractivity contribution in [3.8, 4) is 0 Å². The highest BCUT2D eigenvalue weighted by Crippen LogP contribution is 2.31. The summed E-state index contributed by atoms with van der Waals surface area (Å²) < 4.78 is 36.1. The SMILES string of the molecule is N[C@H]1CC[C@H](N)CC1.Nc1cc(N)cc(C(F)(F)F)c1. The molecular weight excluding hydrogens is 269 g/mol. The zero-order valence-corrected chi connectivity index (χ0v) is 11.2. The average Bonchev–Trinajstić information content (AvgIpc) is 2.31. The highest BCUT2D eigenvalue weighted by molar-refractivity contribution is 5.54. The molecule has 8 N–H and O–H groups in total. The van der Waals surface area contributed by atoms with E-state index in [0.717, 1.165) is 37.8 Å². The largest absolute Gasteiger partial charge is 0.416 e. The van der Waals surface area contributed by atoms with E-state index in [2.05, 4.69) is 0 Å². The van der Waals surface area contributed by atoms with Gasteiger partial charge in [0.1, 0.15) is 0 Å². The van der Waals surface area contributed by atoms with E-state index in [1.54, 1.807) is 0 Å². The summed E-state index contributed by atoms with van der Waals surface area (Å²) in [5.41, 5.74) is 20.8. The van der Waals surface area contributed by atoms with Crippen molar-refractivity contribution in [2.45, 2.75) is 43.9 Å². The number of hydrogen-bond acceptors (Lipinski definition) is 4. The molecule has 0 bridgehead atoms. The number of anilines is 2. The summed E-state index contributed by atoms with van der Waals surface area (Å²) in [7, 11) is 0. The zero-order chi connectivity index (χ0) is 15.3. The van der Waals surface area contributed by atoms with E-state index in [9.17, 15) is 13.2 Å². The Kier molecular flexibility index (Phi) is 5.64. The molecule has 0 atom stereocenters. The van der Waals surface area contributed by atoms with Crippen molar-refractivity contribution in [3.05, 3.63) is 23.8 Å². The van der Waals surface area contributed by atoms with Crippen LogP contribution >= 0.6 is 0 Å². The first-order valence-electron chi connectivity index (χ1n) is 6.43. The van der Waals surface area contributed by atoms with Gasteiger partial charge in [-0.25, -0.2) is 0 Å². The van der Waals surface area contributed by atoms with Gasteiger partial charge in [0.2, 0.25) is 0 Å². The Hall–Kier alpha value is -1.47. The van der Waals surface area contributed by atoms with Crippen molar-refractivity contribution in [1.29, 1.82) is 0 Å². The Morgan fingerprint density at radius 2 is 1.15 bits per heavy atom. The predicted molar refractivity (Wildman–Crippen MR) is 74.7 cm³/mol. The third-order valence-electron chi connectivity index (χ3n) is 3.12. The molecule has 0 unspecified atom stereocenters. The van der Waals surface area contributed by atoms with Crippen LogP contribution in [0.4, 0.5) is 24.5 Å². The van der Waals surface area contributed by atoms with Crippen LogP contribution in [-0.4, -0.2) is 12.1 Å². The lowest BCUT2D eigenvalue weighted by atomic mass is 9.93. The van der Waals surface area contributed by atoms with Crippen LogP contribution in [0.3, 0.4) is 0 Å². The Morgan fingerprint density at radius 1 is 0.800 bits per heavy atom. The third-order valence-corrected chi connectivity index (χ3v) is 3.12. The summed E-state index contributed by atoms with van der Waals surface area (Å²) in [4.78, 5) is 0. The molecular formula is C13H21F3N4. The smallest absolute Gasteiger partial charge is 0.399 e. The van der Waals surface area contributed by atoms with Gasteiger partial charge in [0, 0.05) is 23.5 Å². The van der Waals surface area contributed by atoms with E-state index in [1.807, 2.05) is 0 Å². The normalized spacial score (nSPS) is 22.9. The highest BCUT2D eigenvalue weighted by Gasteiger charge is 2.30. The minimum atomic E-state index is -4.39. The highest BCUT2D eigenvalue weighted by atomic mass is 19.4. The average molecular weight is 290 g/mol.